The third-order valence-corrected chi connectivity index (χ3v) is 14.2. The maximum atomic E-state index is 13.4. The molecule has 72 heavy (non-hydrogen) atoms. The predicted molar refractivity (Wildman–Crippen MR) is 309 cm³/mol. The average molecular weight is 1100 g/mol. The first-order valence-electron chi connectivity index (χ1n) is 25.4. The number of hydrogen-bond acceptors (Lipinski definition) is 11. The number of hydrogen-bond donors (Lipinski definition) is 1. The van der Waals surface area contributed by atoms with Crippen LogP contribution in [0.15, 0.2) is 109 Å². The lowest BCUT2D eigenvalue weighted by molar-refractivity contribution is 0.249. The first-order chi connectivity index (χ1) is 34.3. The summed E-state index contributed by atoms with van der Waals surface area (Å²) in [6.07, 6.45) is 2.06. The Balaban J connectivity index is 0.00000111. The second kappa shape index (κ2) is 41.3. The van der Waals surface area contributed by atoms with Crippen LogP contribution in [-0.2, 0) is 30.6 Å². The third kappa shape index (κ3) is 33.0. The highest BCUT2D eigenvalue weighted by Gasteiger charge is 2.28. The molecule has 17 heteroatoms. The molecule has 0 bridgehead atoms. The van der Waals surface area contributed by atoms with Gasteiger partial charge in [0.1, 0.15) is 11.5 Å². The number of sulfonamides is 1. The fourth-order valence-corrected chi connectivity index (χ4v) is 9.74. The molecular weight excluding hydrogens is 1010 g/mol. The molecule has 0 amide bonds. The van der Waals surface area contributed by atoms with Crippen molar-refractivity contribution >= 4 is 53.0 Å². The molecule has 4 aromatic carbocycles. The quantitative estimate of drug-likeness (QED) is 0.0318. The molecule has 0 fully saturated rings. The van der Waals surface area contributed by atoms with Crippen molar-refractivity contribution < 1.29 is 26.3 Å². The maximum Gasteiger partial charge on any atom is 0.236 e. The number of alkyl halides is 2. The van der Waals surface area contributed by atoms with E-state index in [4.69, 9.17) is 43.4 Å². The standard InChI is InChI=1S/C26H41N3O3S.C19H35N3O.C7H7ClO2S.C2H6.CH2Cl2/c1-6-28(7-2)18-11-21-32-26-16-14-25(15-17-26)23(3)29(20-19-27(4)5)33(30,31)22-24-12-9-8-10-13-24;1-6-22(7-2)14-8-16-23-19-11-9-18(10-12-19)17(3)20-13-15-21(4)5;8-11(9,10)6-7-4-2-1-3-5-7;1-2;2-1-3/h8-10,12-17,23H,6-7,11,18-22H2,1-5H3;9-12,17,20H,6-8,13-16H2,1-5H3;1-5H,6H2;1-2H3;1H2. The smallest absolute Gasteiger partial charge is 0.236 e. The zero-order chi connectivity index (χ0) is 54.4. The second-order valence-corrected chi connectivity index (χ2v) is 22.7. The van der Waals surface area contributed by atoms with Crippen molar-refractivity contribution in [3.05, 3.63) is 131 Å². The van der Waals surface area contributed by atoms with E-state index in [0.717, 1.165) is 94.4 Å². The van der Waals surface area contributed by atoms with Crippen LogP contribution in [-0.4, -0.2) is 153 Å². The summed E-state index contributed by atoms with van der Waals surface area (Å²) in [5, 5.41) is 3.73. The van der Waals surface area contributed by atoms with Crippen LogP contribution in [0.25, 0.3) is 0 Å². The molecule has 12 nitrogen and oxygen atoms in total. The zero-order valence-corrected chi connectivity index (χ0v) is 49.6. The highest BCUT2D eigenvalue weighted by atomic mass is 35.7. The minimum atomic E-state index is -3.49. The van der Waals surface area contributed by atoms with Crippen molar-refractivity contribution in [1.82, 2.24) is 29.2 Å². The molecule has 0 saturated carbocycles. The van der Waals surface area contributed by atoms with E-state index in [2.05, 4.69) is 93.0 Å². The van der Waals surface area contributed by atoms with Crippen LogP contribution in [0.5, 0.6) is 11.5 Å². The van der Waals surface area contributed by atoms with Crippen molar-refractivity contribution in [2.75, 3.05) is 112 Å². The molecule has 0 saturated heterocycles. The molecule has 2 unspecified atom stereocenters. The van der Waals surface area contributed by atoms with Gasteiger partial charge in [-0.25, -0.2) is 16.8 Å². The van der Waals surface area contributed by atoms with Crippen LogP contribution in [0, 0.1) is 0 Å². The summed E-state index contributed by atoms with van der Waals surface area (Å²) in [5.41, 5.74) is 3.77. The van der Waals surface area contributed by atoms with Gasteiger partial charge in [-0.2, -0.15) is 4.31 Å². The first kappa shape index (κ1) is 69.0. The van der Waals surface area contributed by atoms with Crippen LogP contribution in [0.1, 0.15) is 103 Å². The van der Waals surface area contributed by atoms with Gasteiger partial charge in [-0.1, -0.05) is 126 Å². The Labute approximate surface area is 452 Å². The molecular formula is C55H91Cl3N6O6S2. The van der Waals surface area contributed by atoms with Gasteiger partial charge in [0.05, 0.1) is 30.1 Å². The number of nitrogens with one attached hydrogen (secondary N) is 1. The lowest BCUT2D eigenvalue weighted by Crippen LogP contribution is -2.39. The van der Waals surface area contributed by atoms with E-state index in [1.807, 2.05) is 100 Å². The highest BCUT2D eigenvalue weighted by molar-refractivity contribution is 8.13. The van der Waals surface area contributed by atoms with E-state index < -0.39 is 19.1 Å². The number of nitrogens with zero attached hydrogens (tertiary/aromatic N) is 5. The zero-order valence-electron chi connectivity index (χ0n) is 45.7. The molecule has 2 atom stereocenters. The summed E-state index contributed by atoms with van der Waals surface area (Å²) in [6.45, 7) is 28.0. The lowest BCUT2D eigenvalue weighted by Gasteiger charge is -2.30. The SMILES string of the molecule is CC.CCN(CC)CCCOc1ccc(C(C)N(CCN(C)C)S(=O)(=O)Cc2ccccc2)cc1.CCN(CC)CCCOc1ccc(C(C)NCCN(C)C)cc1.ClCCl.O=S(=O)(Cl)Cc1ccccc1. The number of likely N-dealkylation sites (N-methyl/N-ethyl adjacent to an activating group) is 2. The van der Waals surface area contributed by atoms with Crippen LogP contribution >= 0.6 is 33.9 Å². The van der Waals surface area contributed by atoms with Gasteiger partial charge in [0.2, 0.25) is 19.1 Å². The fraction of sp³-hybridized carbons (Fsp3) is 0.564. The van der Waals surface area contributed by atoms with E-state index in [1.165, 1.54) is 5.56 Å². The summed E-state index contributed by atoms with van der Waals surface area (Å²) >= 11 is 9.53. The van der Waals surface area contributed by atoms with Crippen molar-refractivity contribution in [2.24, 2.45) is 0 Å². The minimum Gasteiger partial charge on any atom is -0.494 e. The van der Waals surface area contributed by atoms with Gasteiger partial charge in [-0.3, -0.25) is 0 Å². The van der Waals surface area contributed by atoms with E-state index in [0.29, 0.717) is 31.3 Å². The summed E-state index contributed by atoms with van der Waals surface area (Å²) < 4.78 is 61.2. The number of rotatable bonds is 29. The molecule has 0 radical (unpaired) electrons. The molecule has 4 aromatic rings. The predicted octanol–water partition coefficient (Wildman–Crippen LogP) is 11.5. The molecule has 4 rings (SSSR count). The van der Waals surface area contributed by atoms with Crippen molar-refractivity contribution in [3.8, 4) is 11.5 Å². The number of halogens is 3. The third-order valence-electron chi connectivity index (χ3n) is 11.2. The van der Waals surface area contributed by atoms with Gasteiger partial charge in [0.25, 0.3) is 0 Å². The normalized spacial score (nSPS) is 12.2. The Kier molecular flexibility index (Phi) is 39.6. The van der Waals surface area contributed by atoms with E-state index in [1.54, 1.807) is 28.6 Å². The molecule has 0 aliphatic heterocycles. The van der Waals surface area contributed by atoms with Gasteiger partial charge in [0, 0.05) is 62.0 Å². The van der Waals surface area contributed by atoms with Crippen LogP contribution in [0.2, 0.25) is 0 Å². The molecule has 0 aromatic heterocycles. The highest BCUT2D eigenvalue weighted by Crippen LogP contribution is 2.27. The van der Waals surface area contributed by atoms with E-state index in [-0.39, 0.29) is 22.9 Å². The summed E-state index contributed by atoms with van der Waals surface area (Å²) in [6, 6.07) is 34.6. The topological polar surface area (TPSA) is 115 Å². The van der Waals surface area contributed by atoms with Crippen LogP contribution < -0.4 is 14.8 Å². The van der Waals surface area contributed by atoms with Gasteiger partial charge >= 0.3 is 0 Å². The maximum absolute atomic E-state index is 13.4. The second-order valence-electron chi connectivity index (χ2n) is 17.2. The lowest BCUT2D eigenvalue weighted by atomic mass is 10.1. The summed E-state index contributed by atoms with van der Waals surface area (Å²) in [4.78, 5) is 9.00. The number of benzene rings is 4. The van der Waals surface area contributed by atoms with Gasteiger partial charge in [-0.05, 0) is 128 Å². The number of ether oxygens (including phenoxy) is 2. The van der Waals surface area contributed by atoms with Crippen molar-refractivity contribution in [2.45, 2.75) is 91.8 Å². The van der Waals surface area contributed by atoms with Gasteiger partial charge < -0.3 is 34.4 Å². The molecule has 0 heterocycles. The van der Waals surface area contributed by atoms with Crippen molar-refractivity contribution in [3.63, 3.8) is 0 Å². The molecule has 0 spiro atoms. The largest absolute Gasteiger partial charge is 0.494 e. The summed E-state index contributed by atoms with van der Waals surface area (Å²) in [5.74, 6) is 1.68. The Hall–Kier alpha value is -2.99. The van der Waals surface area contributed by atoms with Crippen LogP contribution in [0.3, 0.4) is 0 Å². The first-order valence-corrected chi connectivity index (χ1v) is 30.5. The van der Waals surface area contributed by atoms with Gasteiger partial charge in [0.15, 0.2) is 0 Å². The average Bonchev–Trinajstić information content (AvgIpc) is 3.35. The van der Waals surface area contributed by atoms with Gasteiger partial charge in [-0.15, -0.1) is 23.2 Å². The Morgan fingerprint density at radius 2 is 0.931 bits per heavy atom. The minimum absolute atomic E-state index is 0.000654. The molecule has 410 valence electrons. The Morgan fingerprint density at radius 1 is 0.542 bits per heavy atom. The molecule has 0 aliphatic carbocycles. The van der Waals surface area contributed by atoms with Crippen LogP contribution in [0.4, 0.5) is 0 Å². The van der Waals surface area contributed by atoms with Crippen molar-refractivity contribution in [1.29, 1.82) is 0 Å². The molecule has 0 aliphatic rings. The Morgan fingerprint density at radius 3 is 1.31 bits per heavy atom. The summed E-state index contributed by atoms with van der Waals surface area (Å²) in [7, 11) is 6.25. The van der Waals surface area contributed by atoms with E-state index >= 15 is 0 Å². The fourth-order valence-electron chi connectivity index (χ4n) is 7.03. The molecule has 1 N–H and O–H groups in total. The Bertz CT molecular complexity index is 2100. The monoisotopic (exact) mass is 1100 g/mol. The van der Waals surface area contributed by atoms with E-state index in [9.17, 15) is 16.8 Å².